The molecule has 1 aliphatic heterocycles. The smallest absolute Gasteiger partial charge is 0.155 e. The number of halogens is 1. The SMILES string of the molecule is Cc1c(-c2cc(Sc3ncccc3F)c3ccnn3c2)cnn1[C@@H]1CCCNC1. The third-order valence-electron chi connectivity index (χ3n) is 5.37. The van der Waals surface area contributed by atoms with E-state index in [9.17, 15) is 4.39 Å². The van der Waals surface area contributed by atoms with E-state index < -0.39 is 0 Å². The number of nitrogens with zero attached hydrogens (tertiary/aromatic N) is 5. The van der Waals surface area contributed by atoms with Gasteiger partial charge < -0.3 is 5.32 Å². The molecule has 29 heavy (non-hydrogen) atoms. The van der Waals surface area contributed by atoms with Gasteiger partial charge in [0.1, 0.15) is 5.03 Å². The van der Waals surface area contributed by atoms with Crippen LogP contribution in [-0.2, 0) is 0 Å². The Labute approximate surface area is 172 Å². The van der Waals surface area contributed by atoms with Crippen LogP contribution in [0.5, 0.6) is 0 Å². The maximum atomic E-state index is 14.2. The summed E-state index contributed by atoms with van der Waals surface area (Å²) in [7, 11) is 0. The van der Waals surface area contributed by atoms with Crippen molar-refractivity contribution in [3.63, 3.8) is 0 Å². The number of nitrogens with one attached hydrogen (secondary N) is 1. The molecule has 0 radical (unpaired) electrons. The number of piperidine rings is 1. The molecule has 0 bridgehead atoms. The molecule has 1 atom stereocenters. The largest absolute Gasteiger partial charge is 0.315 e. The standard InChI is InChI=1S/C21H21FN6S/c1-14-17(12-26-28(14)16-4-2-7-23-11-16)15-10-20(19-6-9-25-27(19)13-15)29-21-18(22)5-3-8-24-21/h3,5-6,8-10,12-13,16,23H,2,4,7,11H2,1H3/t16-/m1/s1. The van der Waals surface area contributed by atoms with Crippen molar-refractivity contribution in [1.29, 1.82) is 0 Å². The quantitative estimate of drug-likeness (QED) is 0.551. The molecule has 1 N–H and O–H groups in total. The van der Waals surface area contributed by atoms with Crippen LogP contribution in [0.2, 0.25) is 0 Å². The number of hydrogen-bond donors (Lipinski definition) is 1. The maximum absolute atomic E-state index is 14.2. The number of rotatable bonds is 4. The first-order valence-electron chi connectivity index (χ1n) is 9.71. The molecule has 1 aliphatic rings. The van der Waals surface area contributed by atoms with Gasteiger partial charge in [-0.25, -0.2) is 13.9 Å². The monoisotopic (exact) mass is 408 g/mol. The molecule has 0 amide bonds. The highest BCUT2D eigenvalue weighted by atomic mass is 32.2. The molecule has 1 fully saturated rings. The summed E-state index contributed by atoms with van der Waals surface area (Å²) in [6.07, 6.45) is 9.57. The van der Waals surface area contributed by atoms with E-state index in [1.54, 1.807) is 18.5 Å². The fraction of sp³-hybridized carbons (Fsp3) is 0.286. The lowest BCUT2D eigenvalue weighted by Crippen LogP contribution is -2.32. The Morgan fingerprint density at radius 3 is 3.00 bits per heavy atom. The zero-order valence-corrected chi connectivity index (χ0v) is 16.9. The third kappa shape index (κ3) is 3.42. The second-order valence-electron chi connectivity index (χ2n) is 7.23. The van der Waals surface area contributed by atoms with E-state index in [0.717, 1.165) is 53.2 Å². The van der Waals surface area contributed by atoms with Crippen LogP contribution in [0.15, 0.2) is 59.0 Å². The molecular weight excluding hydrogens is 387 g/mol. The summed E-state index contributed by atoms with van der Waals surface area (Å²) in [6.45, 7) is 4.12. The average Bonchev–Trinajstić information content (AvgIpc) is 3.37. The molecule has 4 aromatic rings. The van der Waals surface area contributed by atoms with E-state index >= 15 is 0 Å². The predicted molar refractivity (Wildman–Crippen MR) is 111 cm³/mol. The Morgan fingerprint density at radius 1 is 1.24 bits per heavy atom. The number of fused-ring (bicyclic) bond motifs is 1. The van der Waals surface area contributed by atoms with Crippen molar-refractivity contribution < 1.29 is 4.39 Å². The summed E-state index contributed by atoms with van der Waals surface area (Å²) in [4.78, 5) is 5.09. The lowest BCUT2D eigenvalue weighted by Gasteiger charge is -2.24. The first kappa shape index (κ1) is 18.3. The van der Waals surface area contributed by atoms with E-state index in [0.29, 0.717) is 11.1 Å². The molecule has 0 spiro atoms. The van der Waals surface area contributed by atoms with Crippen molar-refractivity contribution in [3.8, 4) is 11.1 Å². The minimum absolute atomic E-state index is 0.325. The van der Waals surface area contributed by atoms with E-state index in [1.807, 2.05) is 23.0 Å². The normalized spacial score (nSPS) is 17.1. The Hall–Kier alpha value is -2.71. The highest BCUT2D eigenvalue weighted by molar-refractivity contribution is 7.99. The minimum atomic E-state index is -0.325. The van der Waals surface area contributed by atoms with E-state index in [2.05, 4.69) is 38.2 Å². The van der Waals surface area contributed by atoms with E-state index in [1.165, 1.54) is 17.8 Å². The van der Waals surface area contributed by atoms with E-state index in [-0.39, 0.29) is 5.82 Å². The number of pyridine rings is 2. The van der Waals surface area contributed by atoms with Gasteiger partial charge in [-0.05, 0) is 50.6 Å². The highest BCUT2D eigenvalue weighted by Gasteiger charge is 2.20. The first-order valence-corrected chi connectivity index (χ1v) is 10.5. The summed E-state index contributed by atoms with van der Waals surface area (Å²) in [5.74, 6) is -0.325. The zero-order chi connectivity index (χ0) is 19.8. The highest BCUT2D eigenvalue weighted by Crippen LogP contribution is 2.35. The van der Waals surface area contributed by atoms with Gasteiger partial charge in [-0.3, -0.25) is 4.68 Å². The van der Waals surface area contributed by atoms with Crippen molar-refractivity contribution in [2.24, 2.45) is 0 Å². The summed E-state index contributed by atoms with van der Waals surface area (Å²) in [5.41, 5.74) is 4.12. The predicted octanol–water partition coefficient (Wildman–Crippen LogP) is 4.12. The van der Waals surface area contributed by atoms with Crippen LogP contribution in [0.4, 0.5) is 4.39 Å². The first-order chi connectivity index (χ1) is 14.2. The van der Waals surface area contributed by atoms with Gasteiger partial charge >= 0.3 is 0 Å². The number of hydrogen-bond acceptors (Lipinski definition) is 5. The van der Waals surface area contributed by atoms with Crippen LogP contribution >= 0.6 is 11.8 Å². The molecule has 8 heteroatoms. The Morgan fingerprint density at radius 2 is 2.17 bits per heavy atom. The molecule has 5 rings (SSSR count). The minimum Gasteiger partial charge on any atom is -0.315 e. The van der Waals surface area contributed by atoms with Gasteiger partial charge in [0.2, 0.25) is 0 Å². The summed E-state index contributed by atoms with van der Waals surface area (Å²) in [6, 6.07) is 7.41. The van der Waals surface area contributed by atoms with Crippen molar-refractivity contribution in [2.75, 3.05) is 13.1 Å². The summed E-state index contributed by atoms with van der Waals surface area (Å²) >= 11 is 1.31. The second-order valence-corrected chi connectivity index (χ2v) is 8.27. The summed E-state index contributed by atoms with van der Waals surface area (Å²) < 4.78 is 18.1. The summed E-state index contributed by atoms with van der Waals surface area (Å²) in [5, 5.41) is 12.9. The maximum Gasteiger partial charge on any atom is 0.155 e. The fourth-order valence-corrected chi connectivity index (χ4v) is 4.83. The second kappa shape index (κ2) is 7.61. The Bertz CT molecular complexity index is 1160. The van der Waals surface area contributed by atoms with Crippen molar-refractivity contribution in [1.82, 2.24) is 29.7 Å². The van der Waals surface area contributed by atoms with Gasteiger partial charge in [0, 0.05) is 40.7 Å². The topological polar surface area (TPSA) is 60.0 Å². The van der Waals surface area contributed by atoms with Crippen LogP contribution in [0, 0.1) is 12.7 Å². The van der Waals surface area contributed by atoms with Crippen LogP contribution in [-0.4, -0.2) is 37.5 Å². The molecule has 5 heterocycles. The molecule has 6 nitrogen and oxygen atoms in total. The Balaban J connectivity index is 1.56. The van der Waals surface area contributed by atoms with Gasteiger partial charge in [0.15, 0.2) is 5.82 Å². The molecule has 0 unspecified atom stereocenters. The average molecular weight is 409 g/mol. The molecule has 148 valence electrons. The molecule has 0 aliphatic carbocycles. The molecular formula is C21H21FN6S. The van der Waals surface area contributed by atoms with Gasteiger partial charge in [0.25, 0.3) is 0 Å². The third-order valence-corrected chi connectivity index (χ3v) is 6.42. The molecule has 0 aromatic carbocycles. The van der Waals surface area contributed by atoms with Crippen LogP contribution in [0.3, 0.4) is 0 Å². The zero-order valence-electron chi connectivity index (χ0n) is 16.0. The lowest BCUT2D eigenvalue weighted by molar-refractivity contribution is 0.342. The number of aromatic nitrogens is 5. The van der Waals surface area contributed by atoms with Gasteiger partial charge in [-0.15, -0.1) is 0 Å². The van der Waals surface area contributed by atoms with Gasteiger partial charge in [0.05, 0.1) is 24.0 Å². The van der Waals surface area contributed by atoms with Crippen molar-refractivity contribution in [2.45, 2.75) is 35.7 Å². The van der Waals surface area contributed by atoms with Crippen LogP contribution < -0.4 is 5.32 Å². The lowest BCUT2D eigenvalue weighted by atomic mass is 10.1. The fourth-order valence-electron chi connectivity index (χ4n) is 3.89. The van der Waals surface area contributed by atoms with Gasteiger partial charge in [-0.2, -0.15) is 10.2 Å². The Kier molecular flexibility index (Phi) is 4.81. The van der Waals surface area contributed by atoms with Gasteiger partial charge in [-0.1, -0.05) is 11.8 Å². The van der Waals surface area contributed by atoms with Crippen molar-refractivity contribution >= 4 is 17.3 Å². The molecule has 0 saturated carbocycles. The molecule has 1 saturated heterocycles. The van der Waals surface area contributed by atoms with E-state index in [4.69, 9.17) is 0 Å². The van der Waals surface area contributed by atoms with Crippen molar-refractivity contribution in [3.05, 3.63) is 60.6 Å². The van der Waals surface area contributed by atoms with Crippen LogP contribution in [0.25, 0.3) is 16.6 Å². The van der Waals surface area contributed by atoms with Crippen LogP contribution in [0.1, 0.15) is 24.6 Å². The molecule has 4 aromatic heterocycles.